The molecule has 0 saturated carbocycles. The number of fused-ring (bicyclic) bond motifs is 3. The minimum atomic E-state index is -1.07. The molecule has 1 aliphatic carbocycles. The van der Waals surface area contributed by atoms with Crippen molar-refractivity contribution in [3.8, 4) is 11.1 Å². The van der Waals surface area contributed by atoms with Crippen LogP contribution in [-0.2, 0) is 14.3 Å². The molecule has 0 aromatic heterocycles. The Morgan fingerprint density at radius 1 is 1.03 bits per heavy atom. The molecule has 2 aliphatic rings. The molecule has 1 saturated heterocycles. The maximum absolute atomic E-state index is 12.7. The van der Waals surface area contributed by atoms with Crippen LogP contribution in [0.1, 0.15) is 24.0 Å². The predicted octanol–water partition coefficient (Wildman–Crippen LogP) is 2.55. The first-order chi connectivity index (χ1) is 14.0. The van der Waals surface area contributed by atoms with Gasteiger partial charge in [-0.2, -0.15) is 0 Å². The van der Waals surface area contributed by atoms with Crippen LogP contribution >= 0.6 is 0 Å². The van der Waals surface area contributed by atoms with Crippen LogP contribution in [0.5, 0.6) is 0 Å². The van der Waals surface area contributed by atoms with E-state index in [1.54, 1.807) is 6.92 Å². The summed E-state index contributed by atoms with van der Waals surface area (Å²) in [7, 11) is 0. The lowest BCUT2D eigenvalue weighted by atomic mass is 9.98. The number of carboxylic acids is 1. The molecule has 2 amide bonds. The third-order valence-electron chi connectivity index (χ3n) is 5.64. The van der Waals surface area contributed by atoms with E-state index in [0.717, 1.165) is 22.3 Å². The molecule has 7 nitrogen and oxygen atoms in total. The Hall–Kier alpha value is -3.35. The average molecular weight is 394 g/mol. The van der Waals surface area contributed by atoms with E-state index in [-0.39, 0.29) is 38.1 Å². The fourth-order valence-corrected chi connectivity index (χ4v) is 4.18. The third-order valence-corrected chi connectivity index (χ3v) is 5.64. The molecule has 4 rings (SSSR count). The number of amides is 2. The summed E-state index contributed by atoms with van der Waals surface area (Å²) in [5.74, 6) is -1.50. The van der Waals surface area contributed by atoms with Crippen molar-refractivity contribution in [2.24, 2.45) is 0 Å². The number of benzene rings is 2. The van der Waals surface area contributed by atoms with E-state index < -0.39 is 18.1 Å². The van der Waals surface area contributed by atoms with Gasteiger partial charge in [0.2, 0.25) is 5.91 Å². The molecule has 2 aromatic carbocycles. The zero-order chi connectivity index (χ0) is 20.5. The molecule has 1 heterocycles. The number of nitrogens with zero attached hydrogens (tertiary/aromatic N) is 2. The highest BCUT2D eigenvalue weighted by molar-refractivity contribution is 5.89. The number of rotatable bonds is 4. The molecule has 7 heteroatoms. The van der Waals surface area contributed by atoms with Gasteiger partial charge in [0.25, 0.3) is 0 Å². The first-order valence-electron chi connectivity index (χ1n) is 9.59. The van der Waals surface area contributed by atoms with Gasteiger partial charge in [-0.15, -0.1) is 0 Å². The van der Waals surface area contributed by atoms with Crippen molar-refractivity contribution < 1.29 is 24.2 Å². The van der Waals surface area contributed by atoms with Gasteiger partial charge in [0, 0.05) is 19.0 Å². The molecule has 1 fully saturated rings. The number of piperazine rings is 1. The van der Waals surface area contributed by atoms with Gasteiger partial charge in [0.15, 0.2) is 0 Å². The molecule has 2 aromatic rings. The van der Waals surface area contributed by atoms with Crippen molar-refractivity contribution in [3.63, 3.8) is 0 Å². The number of carbonyl (C=O) groups excluding carboxylic acids is 2. The van der Waals surface area contributed by atoms with Gasteiger partial charge in [-0.05, 0) is 29.2 Å². The van der Waals surface area contributed by atoms with Crippen molar-refractivity contribution in [2.45, 2.75) is 18.9 Å². The normalized spacial score (nSPS) is 18.4. The van der Waals surface area contributed by atoms with Crippen molar-refractivity contribution in [1.82, 2.24) is 9.80 Å². The molecular formula is C22H22N2O5. The summed E-state index contributed by atoms with van der Waals surface area (Å²) in [4.78, 5) is 38.6. The highest BCUT2D eigenvalue weighted by Gasteiger charge is 2.37. The zero-order valence-corrected chi connectivity index (χ0v) is 16.1. The number of ether oxygens (including phenoxy) is 1. The lowest BCUT2D eigenvalue weighted by Gasteiger charge is -2.37. The van der Waals surface area contributed by atoms with Crippen LogP contribution in [0.3, 0.4) is 0 Å². The van der Waals surface area contributed by atoms with Crippen molar-refractivity contribution in [3.05, 3.63) is 59.7 Å². The minimum Gasteiger partial charge on any atom is -0.480 e. The summed E-state index contributed by atoms with van der Waals surface area (Å²) in [6.45, 7) is 1.85. The first kappa shape index (κ1) is 19.0. The lowest BCUT2D eigenvalue weighted by molar-refractivity contribution is -0.149. The Morgan fingerprint density at radius 2 is 1.62 bits per heavy atom. The van der Waals surface area contributed by atoms with Crippen LogP contribution in [0.2, 0.25) is 0 Å². The van der Waals surface area contributed by atoms with Crippen molar-refractivity contribution in [1.29, 1.82) is 0 Å². The highest BCUT2D eigenvalue weighted by Crippen LogP contribution is 2.44. The summed E-state index contributed by atoms with van der Waals surface area (Å²) in [6, 6.07) is 15.4. The highest BCUT2D eigenvalue weighted by atomic mass is 16.6. The second kappa shape index (κ2) is 7.58. The van der Waals surface area contributed by atoms with Gasteiger partial charge < -0.3 is 14.7 Å². The standard InChI is InChI=1S/C22H22N2O5/c1-14-21(27)23(12-20(25)26)10-11-24(14)22(28)29-13-19-17-8-4-2-6-15(17)16-7-3-5-9-18(16)19/h2-9,14,19H,10-13H2,1H3,(H,25,26). The monoisotopic (exact) mass is 394 g/mol. The number of hydrogen-bond donors (Lipinski definition) is 1. The van der Waals surface area contributed by atoms with E-state index in [2.05, 4.69) is 12.1 Å². The molecule has 150 valence electrons. The van der Waals surface area contributed by atoms with Crippen LogP contribution < -0.4 is 0 Å². The maximum Gasteiger partial charge on any atom is 0.410 e. The van der Waals surface area contributed by atoms with Crippen molar-refractivity contribution in [2.75, 3.05) is 26.2 Å². The zero-order valence-electron chi connectivity index (χ0n) is 16.1. The number of aliphatic carboxylic acids is 1. The molecule has 0 radical (unpaired) electrons. The van der Waals surface area contributed by atoms with Crippen LogP contribution in [0.15, 0.2) is 48.5 Å². The Labute approximate surface area is 168 Å². The van der Waals surface area contributed by atoms with E-state index in [4.69, 9.17) is 9.84 Å². The Morgan fingerprint density at radius 3 is 2.21 bits per heavy atom. The van der Waals surface area contributed by atoms with E-state index in [9.17, 15) is 14.4 Å². The molecule has 1 atom stereocenters. The SMILES string of the molecule is CC1C(=O)N(CC(=O)O)CCN1C(=O)OCC1c2ccccc2-c2ccccc21. The van der Waals surface area contributed by atoms with Gasteiger partial charge >= 0.3 is 12.1 Å². The van der Waals surface area contributed by atoms with Gasteiger partial charge in [-0.1, -0.05) is 48.5 Å². The lowest BCUT2D eigenvalue weighted by Crippen LogP contribution is -2.58. The van der Waals surface area contributed by atoms with E-state index >= 15 is 0 Å². The van der Waals surface area contributed by atoms with E-state index in [1.807, 2.05) is 36.4 Å². The Kier molecular flexibility index (Phi) is 4.96. The smallest absolute Gasteiger partial charge is 0.410 e. The molecular weight excluding hydrogens is 372 g/mol. The summed E-state index contributed by atoms with van der Waals surface area (Å²) in [5.41, 5.74) is 4.54. The second-order valence-electron chi connectivity index (χ2n) is 7.33. The van der Waals surface area contributed by atoms with E-state index in [1.165, 1.54) is 9.80 Å². The molecule has 1 aliphatic heterocycles. The quantitative estimate of drug-likeness (QED) is 0.861. The first-order valence-corrected chi connectivity index (χ1v) is 9.59. The van der Waals surface area contributed by atoms with Crippen LogP contribution in [0.25, 0.3) is 11.1 Å². The molecule has 0 spiro atoms. The second-order valence-corrected chi connectivity index (χ2v) is 7.33. The summed E-state index contributed by atoms with van der Waals surface area (Å²) in [5, 5.41) is 8.91. The summed E-state index contributed by atoms with van der Waals surface area (Å²) >= 11 is 0. The van der Waals surface area contributed by atoms with Gasteiger partial charge in [-0.25, -0.2) is 4.79 Å². The fraction of sp³-hybridized carbons (Fsp3) is 0.318. The van der Waals surface area contributed by atoms with Gasteiger partial charge in [0.1, 0.15) is 19.2 Å². The Bertz CT molecular complexity index is 928. The summed E-state index contributed by atoms with van der Waals surface area (Å²) < 4.78 is 5.61. The van der Waals surface area contributed by atoms with Crippen LogP contribution in [0.4, 0.5) is 4.79 Å². The van der Waals surface area contributed by atoms with Crippen LogP contribution in [-0.4, -0.2) is 65.2 Å². The van der Waals surface area contributed by atoms with E-state index in [0.29, 0.717) is 0 Å². The third kappa shape index (κ3) is 3.44. The predicted molar refractivity (Wildman–Crippen MR) is 105 cm³/mol. The number of carbonyl (C=O) groups is 3. The molecule has 29 heavy (non-hydrogen) atoms. The molecule has 1 unspecified atom stereocenters. The number of carboxylic acid groups (broad SMARTS) is 1. The minimum absolute atomic E-state index is 0.0503. The topological polar surface area (TPSA) is 87.2 Å². The van der Waals surface area contributed by atoms with Crippen molar-refractivity contribution >= 4 is 18.0 Å². The van der Waals surface area contributed by atoms with Gasteiger partial charge in [0.05, 0.1) is 0 Å². The molecule has 1 N–H and O–H groups in total. The Balaban J connectivity index is 1.45. The number of hydrogen-bond acceptors (Lipinski definition) is 4. The fourth-order valence-electron chi connectivity index (χ4n) is 4.18. The summed E-state index contributed by atoms with van der Waals surface area (Å²) in [6.07, 6.45) is -0.553. The maximum atomic E-state index is 12.7. The largest absolute Gasteiger partial charge is 0.480 e. The van der Waals surface area contributed by atoms with Crippen LogP contribution in [0, 0.1) is 0 Å². The average Bonchev–Trinajstić information content (AvgIpc) is 3.03. The molecule has 0 bridgehead atoms. The van der Waals surface area contributed by atoms with Gasteiger partial charge in [-0.3, -0.25) is 14.5 Å².